The summed E-state index contributed by atoms with van der Waals surface area (Å²) in [6, 6.07) is 8.01. The normalized spacial score (nSPS) is 23.2. The van der Waals surface area contributed by atoms with Crippen LogP contribution in [0.1, 0.15) is 30.4 Å². The van der Waals surface area contributed by atoms with Gasteiger partial charge in [-0.1, -0.05) is 42.0 Å². The predicted octanol–water partition coefficient (Wildman–Crippen LogP) is 2.55. The zero-order valence-electron chi connectivity index (χ0n) is 14.5. The summed E-state index contributed by atoms with van der Waals surface area (Å²) in [5.74, 6) is 0.313. The number of carbonyl (C=O) groups excluding carboxylic acids is 1. The molecule has 5 heteroatoms. The molecule has 3 rings (SSSR count). The van der Waals surface area contributed by atoms with Gasteiger partial charge in [-0.05, 0) is 31.2 Å². The van der Waals surface area contributed by atoms with Crippen molar-refractivity contribution in [3.63, 3.8) is 0 Å². The van der Waals surface area contributed by atoms with E-state index in [1.54, 1.807) is 12.5 Å². The Kier molecular flexibility index (Phi) is 5.66. The second kappa shape index (κ2) is 8.12. The van der Waals surface area contributed by atoms with E-state index in [1.165, 1.54) is 5.56 Å². The van der Waals surface area contributed by atoms with Crippen molar-refractivity contribution in [1.82, 2.24) is 14.9 Å². The molecule has 0 aliphatic heterocycles. The summed E-state index contributed by atoms with van der Waals surface area (Å²) in [4.78, 5) is 16.2. The number of benzene rings is 1. The average Bonchev–Trinajstić information content (AvgIpc) is 3.20. The summed E-state index contributed by atoms with van der Waals surface area (Å²) in [5, 5.41) is 13.2. The maximum atomic E-state index is 12.1. The summed E-state index contributed by atoms with van der Waals surface area (Å²) in [5.41, 5.74) is 2.30. The summed E-state index contributed by atoms with van der Waals surface area (Å²) < 4.78 is 2.02. The standard InChI is InChI=1S/C20H25N3O2/c1-15-5-7-16(8-6-15)3-2-4-20(25)22-18-11-17(12-19(18)24)13-23-10-9-21-14-23/h2-3,5-10,14,17-19,24H,4,11-13H2,1H3,(H,22,25)/b3-2+/t17?,18-,19-/m1/s1. The molecular formula is C20H25N3O2. The molecule has 2 N–H and O–H groups in total. The lowest BCUT2D eigenvalue weighted by Gasteiger charge is -2.15. The second-order valence-corrected chi connectivity index (χ2v) is 6.86. The summed E-state index contributed by atoms with van der Waals surface area (Å²) in [6.45, 7) is 2.88. The highest BCUT2D eigenvalue weighted by molar-refractivity contribution is 5.78. The fraction of sp³-hybridized carbons (Fsp3) is 0.400. The Morgan fingerprint density at radius 2 is 2.16 bits per heavy atom. The van der Waals surface area contributed by atoms with Crippen LogP contribution in [0.5, 0.6) is 0 Å². The minimum Gasteiger partial charge on any atom is -0.391 e. The molecule has 2 aromatic rings. The first-order valence-electron chi connectivity index (χ1n) is 8.76. The molecule has 1 aliphatic rings. The molecular weight excluding hydrogens is 314 g/mol. The molecule has 1 aromatic carbocycles. The number of nitrogens with zero attached hydrogens (tertiary/aromatic N) is 2. The number of amides is 1. The largest absolute Gasteiger partial charge is 0.391 e. The topological polar surface area (TPSA) is 67.2 Å². The molecule has 0 radical (unpaired) electrons. The van der Waals surface area contributed by atoms with Crippen LogP contribution in [0.3, 0.4) is 0 Å². The number of aromatic nitrogens is 2. The van der Waals surface area contributed by atoms with E-state index in [-0.39, 0.29) is 11.9 Å². The predicted molar refractivity (Wildman–Crippen MR) is 97.7 cm³/mol. The average molecular weight is 339 g/mol. The molecule has 1 heterocycles. The van der Waals surface area contributed by atoms with Crippen molar-refractivity contribution >= 4 is 12.0 Å². The summed E-state index contributed by atoms with van der Waals surface area (Å²) in [6.07, 6.45) is 10.6. The number of hydrogen-bond acceptors (Lipinski definition) is 3. The molecule has 1 unspecified atom stereocenters. The van der Waals surface area contributed by atoms with Crippen molar-refractivity contribution in [2.75, 3.05) is 0 Å². The first-order valence-corrected chi connectivity index (χ1v) is 8.76. The van der Waals surface area contributed by atoms with Gasteiger partial charge in [-0.25, -0.2) is 4.98 Å². The number of aliphatic hydroxyl groups is 1. The van der Waals surface area contributed by atoms with E-state index >= 15 is 0 Å². The molecule has 1 aromatic heterocycles. The number of imidazole rings is 1. The fourth-order valence-corrected chi connectivity index (χ4v) is 3.36. The van der Waals surface area contributed by atoms with Gasteiger partial charge in [-0.15, -0.1) is 0 Å². The van der Waals surface area contributed by atoms with Crippen LogP contribution < -0.4 is 5.32 Å². The summed E-state index contributed by atoms with van der Waals surface area (Å²) in [7, 11) is 0. The van der Waals surface area contributed by atoms with Crippen LogP contribution in [0.4, 0.5) is 0 Å². The first kappa shape index (κ1) is 17.4. The van der Waals surface area contributed by atoms with Gasteiger partial charge in [0.05, 0.1) is 18.5 Å². The van der Waals surface area contributed by atoms with Crippen molar-refractivity contribution in [2.45, 2.75) is 44.9 Å². The number of hydrogen-bond donors (Lipinski definition) is 2. The first-order chi connectivity index (χ1) is 12.1. The van der Waals surface area contributed by atoms with Crippen LogP contribution in [0.2, 0.25) is 0 Å². The van der Waals surface area contributed by atoms with Gasteiger partial charge in [0.15, 0.2) is 0 Å². The van der Waals surface area contributed by atoms with E-state index < -0.39 is 6.10 Å². The van der Waals surface area contributed by atoms with Gasteiger partial charge in [0.25, 0.3) is 0 Å². The number of aliphatic hydroxyl groups excluding tert-OH is 1. The second-order valence-electron chi connectivity index (χ2n) is 6.86. The van der Waals surface area contributed by atoms with Gasteiger partial charge in [-0.3, -0.25) is 4.79 Å². The van der Waals surface area contributed by atoms with Gasteiger partial charge < -0.3 is 15.0 Å². The van der Waals surface area contributed by atoms with Crippen molar-refractivity contribution in [3.8, 4) is 0 Å². The third kappa shape index (κ3) is 5.03. The zero-order chi connectivity index (χ0) is 17.6. The number of nitrogens with one attached hydrogen (secondary N) is 1. The molecule has 25 heavy (non-hydrogen) atoms. The van der Waals surface area contributed by atoms with Crippen LogP contribution in [0.15, 0.2) is 49.1 Å². The molecule has 1 saturated carbocycles. The molecule has 132 valence electrons. The van der Waals surface area contributed by atoms with Crippen LogP contribution in [-0.4, -0.2) is 32.7 Å². The Balaban J connectivity index is 1.45. The van der Waals surface area contributed by atoms with E-state index in [0.29, 0.717) is 18.8 Å². The maximum absolute atomic E-state index is 12.1. The minimum absolute atomic E-state index is 0.0457. The Morgan fingerprint density at radius 1 is 1.36 bits per heavy atom. The Hall–Kier alpha value is -2.40. The van der Waals surface area contributed by atoms with E-state index in [1.807, 2.05) is 42.0 Å². The third-order valence-electron chi connectivity index (χ3n) is 4.69. The molecule has 0 spiro atoms. The molecule has 1 amide bonds. The lowest BCUT2D eigenvalue weighted by molar-refractivity contribution is -0.121. The van der Waals surface area contributed by atoms with Crippen LogP contribution >= 0.6 is 0 Å². The molecule has 1 fully saturated rings. The van der Waals surface area contributed by atoms with Gasteiger partial charge in [0.1, 0.15) is 0 Å². The van der Waals surface area contributed by atoms with Crippen molar-refractivity contribution in [3.05, 3.63) is 60.2 Å². The fourth-order valence-electron chi connectivity index (χ4n) is 3.36. The van der Waals surface area contributed by atoms with E-state index in [9.17, 15) is 9.90 Å². The Labute approximate surface area is 148 Å². The number of carbonyl (C=O) groups is 1. The van der Waals surface area contributed by atoms with E-state index in [0.717, 1.165) is 18.5 Å². The van der Waals surface area contributed by atoms with Gasteiger partial charge in [0, 0.05) is 25.4 Å². The van der Waals surface area contributed by atoms with Crippen LogP contribution in [0.25, 0.3) is 6.08 Å². The van der Waals surface area contributed by atoms with Crippen LogP contribution in [0, 0.1) is 12.8 Å². The zero-order valence-corrected chi connectivity index (χ0v) is 14.5. The lowest BCUT2D eigenvalue weighted by Crippen LogP contribution is -2.39. The SMILES string of the molecule is Cc1ccc(/C=C/CC(=O)N[C@@H]2CC(Cn3ccnc3)C[C@H]2O)cc1. The number of rotatable bonds is 6. The van der Waals surface area contributed by atoms with Crippen LogP contribution in [-0.2, 0) is 11.3 Å². The molecule has 0 bridgehead atoms. The molecule has 5 nitrogen and oxygen atoms in total. The highest BCUT2D eigenvalue weighted by Gasteiger charge is 2.33. The molecule has 1 aliphatic carbocycles. The quantitative estimate of drug-likeness (QED) is 0.850. The smallest absolute Gasteiger partial charge is 0.224 e. The van der Waals surface area contributed by atoms with E-state index in [2.05, 4.69) is 22.4 Å². The molecule has 3 atom stereocenters. The Bertz CT molecular complexity index is 707. The third-order valence-corrected chi connectivity index (χ3v) is 4.69. The maximum Gasteiger partial charge on any atom is 0.224 e. The van der Waals surface area contributed by atoms with Gasteiger partial charge >= 0.3 is 0 Å². The highest BCUT2D eigenvalue weighted by Crippen LogP contribution is 2.27. The van der Waals surface area contributed by atoms with Gasteiger partial charge in [0.2, 0.25) is 5.91 Å². The Morgan fingerprint density at radius 3 is 2.88 bits per heavy atom. The van der Waals surface area contributed by atoms with Crippen molar-refractivity contribution in [1.29, 1.82) is 0 Å². The summed E-state index contributed by atoms with van der Waals surface area (Å²) >= 11 is 0. The molecule has 0 saturated heterocycles. The lowest BCUT2D eigenvalue weighted by atomic mass is 10.1. The highest BCUT2D eigenvalue weighted by atomic mass is 16.3. The monoisotopic (exact) mass is 339 g/mol. The van der Waals surface area contributed by atoms with Gasteiger partial charge in [-0.2, -0.15) is 0 Å². The van der Waals surface area contributed by atoms with Crippen molar-refractivity contribution in [2.24, 2.45) is 5.92 Å². The van der Waals surface area contributed by atoms with E-state index in [4.69, 9.17) is 0 Å². The van der Waals surface area contributed by atoms with Crippen molar-refractivity contribution < 1.29 is 9.90 Å². The minimum atomic E-state index is -0.474. The number of aryl methyl sites for hydroxylation is 1.